The highest BCUT2D eigenvalue weighted by molar-refractivity contribution is 6.37. The number of anilines is 3. The summed E-state index contributed by atoms with van der Waals surface area (Å²) in [5, 5.41) is 18.2. The average molecular weight is 519 g/mol. The number of pyridine rings is 1. The smallest absolute Gasteiger partial charge is 0.335 e. The van der Waals surface area contributed by atoms with Crippen LogP contribution in [0.3, 0.4) is 0 Å². The molecule has 39 heavy (non-hydrogen) atoms. The number of carbonyl (C=O) groups excluding carboxylic acids is 2. The molecule has 0 fully saturated rings. The molecule has 1 aliphatic heterocycles. The Morgan fingerprint density at radius 1 is 0.974 bits per heavy atom. The second kappa shape index (κ2) is 9.75. The molecule has 10 nitrogen and oxygen atoms in total. The minimum Gasteiger partial charge on any atom is -0.478 e. The standard InChI is InChI=1S/C29H22N6O4/c36-27-24(25(22-7-3-4-14-30-22)31-17-10-8-16(9-11-17)29(38)39)19-13-12-18(15-23(19)35-27)32-28(37)26-33-20-5-1-2-6-21(20)34-26/h1,3-5,7-15,31H,2,6H2,(H,32,37)(H,33,34)(H,35,36)(H,38,39)/b25-24-. The zero-order chi connectivity index (χ0) is 26.9. The van der Waals surface area contributed by atoms with E-state index < -0.39 is 5.97 Å². The van der Waals surface area contributed by atoms with Crippen molar-refractivity contribution in [3.05, 3.63) is 107 Å². The number of aromatic nitrogens is 3. The number of imidazole rings is 1. The number of carboxylic acid groups (broad SMARTS) is 1. The van der Waals surface area contributed by atoms with Crippen LogP contribution in [0, 0.1) is 0 Å². The summed E-state index contributed by atoms with van der Waals surface area (Å²) in [5.74, 6) is -1.51. The fourth-order valence-electron chi connectivity index (χ4n) is 4.58. The van der Waals surface area contributed by atoms with Crippen molar-refractivity contribution in [3.63, 3.8) is 0 Å². The van der Waals surface area contributed by atoms with Crippen molar-refractivity contribution >= 4 is 52.2 Å². The SMILES string of the molecule is O=C1Nc2cc(NC(=O)c3nc4c([nH]3)CCC=C4)ccc2/C1=C(/Nc1ccc(C(=O)O)cc1)c1ccccn1. The molecule has 2 aromatic carbocycles. The highest BCUT2D eigenvalue weighted by atomic mass is 16.4. The van der Waals surface area contributed by atoms with E-state index >= 15 is 0 Å². The number of nitrogens with zero attached hydrogens (tertiary/aromatic N) is 2. The van der Waals surface area contributed by atoms with Crippen LogP contribution in [0.2, 0.25) is 0 Å². The van der Waals surface area contributed by atoms with Crippen molar-refractivity contribution in [1.82, 2.24) is 15.0 Å². The number of carbonyl (C=O) groups is 3. The van der Waals surface area contributed by atoms with Crippen LogP contribution in [-0.4, -0.2) is 37.8 Å². The quantitative estimate of drug-likeness (QED) is 0.233. The zero-order valence-corrected chi connectivity index (χ0v) is 20.5. The van der Waals surface area contributed by atoms with Gasteiger partial charge < -0.3 is 26.0 Å². The summed E-state index contributed by atoms with van der Waals surface area (Å²) in [4.78, 5) is 49.2. The number of aromatic carboxylic acids is 1. The van der Waals surface area contributed by atoms with Gasteiger partial charge in [-0.1, -0.05) is 12.1 Å². The monoisotopic (exact) mass is 518 g/mol. The zero-order valence-electron chi connectivity index (χ0n) is 20.5. The summed E-state index contributed by atoms with van der Waals surface area (Å²) in [7, 11) is 0. The summed E-state index contributed by atoms with van der Waals surface area (Å²) in [6.07, 6.45) is 7.26. The van der Waals surface area contributed by atoms with Crippen LogP contribution in [0.15, 0.2) is 72.9 Å². The number of nitrogens with one attached hydrogen (secondary N) is 4. The van der Waals surface area contributed by atoms with Gasteiger partial charge in [0.1, 0.15) is 0 Å². The number of hydrogen-bond donors (Lipinski definition) is 5. The Hall–Kier alpha value is -5.51. The van der Waals surface area contributed by atoms with Gasteiger partial charge in [-0.2, -0.15) is 0 Å². The van der Waals surface area contributed by atoms with Crippen LogP contribution in [0.25, 0.3) is 17.3 Å². The number of amides is 2. The average Bonchev–Trinajstić information content (AvgIpc) is 3.53. The van der Waals surface area contributed by atoms with Crippen LogP contribution < -0.4 is 16.0 Å². The molecule has 3 heterocycles. The summed E-state index contributed by atoms with van der Waals surface area (Å²) >= 11 is 0. The Morgan fingerprint density at radius 3 is 2.54 bits per heavy atom. The minimum absolute atomic E-state index is 0.150. The van der Waals surface area contributed by atoms with Crippen LogP contribution in [0.5, 0.6) is 0 Å². The molecule has 0 spiro atoms. The van der Waals surface area contributed by atoms with E-state index in [1.807, 2.05) is 18.2 Å². The summed E-state index contributed by atoms with van der Waals surface area (Å²) in [6, 6.07) is 16.7. The number of H-pyrrole nitrogens is 1. The normalized spacial score (nSPS) is 14.7. The molecule has 1 aliphatic carbocycles. The Kier molecular flexibility index (Phi) is 5.96. The second-order valence-electron chi connectivity index (χ2n) is 9.03. The van der Waals surface area contributed by atoms with E-state index in [4.69, 9.17) is 0 Å². The number of rotatable bonds is 6. The van der Waals surface area contributed by atoms with Gasteiger partial charge in [0.25, 0.3) is 11.8 Å². The van der Waals surface area contributed by atoms with E-state index in [-0.39, 0.29) is 23.2 Å². The van der Waals surface area contributed by atoms with Crippen molar-refractivity contribution in [2.75, 3.05) is 16.0 Å². The van der Waals surface area contributed by atoms with Gasteiger partial charge in [-0.15, -0.1) is 0 Å². The van der Waals surface area contributed by atoms with E-state index in [2.05, 4.69) is 30.9 Å². The molecule has 4 aromatic rings. The molecule has 0 saturated carbocycles. The largest absolute Gasteiger partial charge is 0.478 e. The van der Waals surface area contributed by atoms with Gasteiger partial charge in [0, 0.05) is 28.8 Å². The molecule has 2 aliphatic rings. The number of hydrogen-bond acceptors (Lipinski definition) is 6. The molecule has 5 N–H and O–H groups in total. The second-order valence-corrected chi connectivity index (χ2v) is 9.03. The Bertz CT molecular complexity index is 1690. The predicted molar refractivity (Wildman–Crippen MR) is 147 cm³/mol. The minimum atomic E-state index is -1.03. The lowest BCUT2D eigenvalue weighted by Gasteiger charge is -2.14. The number of benzene rings is 2. The van der Waals surface area contributed by atoms with Crippen LogP contribution >= 0.6 is 0 Å². The molecular formula is C29H22N6O4. The first-order valence-electron chi connectivity index (χ1n) is 12.2. The van der Waals surface area contributed by atoms with Crippen LogP contribution in [-0.2, 0) is 11.2 Å². The first-order valence-corrected chi connectivity index (χ1v) is 12.2. The number of aromatic amines is 1. The molecule has 0 bridgehead atoms. The van der Waals surface area contributed by atoms with E-state index in [1.54, 1.807) is 48.7 Å². The Balaban J connectivity index is 1.33. The topological polar surface area (TPSA) is 149 Å². The number of fused-ring (bicyclic) bond motifs is 2. The maximum Gasteiger partial charge on any atom is 0.335 e. The van der Waals surface area contributed by atoms with Crippen molar-refractivity contribution in [2.24, 2.45) is 0 Å². The highest BCUT2D eigenvalue weighted by Gasteiger charge is 2.29. The van der Waals surface area contributed by atoms with Crippen molar-refractivity contribution in [1.29, 1.82) is 0 Å². The summed E-state index contributed by atoms with van der Waals surface area (Å²) in [6.45, 7) is 0. The van der Waals surface area contributed by atoms with Gasteiger partial charge in [0.2, 0.25) is 0 Å². The van der Waals surface area contributed by atoms with Gasteiger partial charge in [0.15, 0.2) is 5.82 Å². The third-order valence-corrected chi connectivity index (χ3v) is 6.46. The third kappa shape index (κ3) is 4.66. The molecule has 0 atom stereocenters. The first-order chi connectivity index (χ1) is 19.0. The van der Waals surface area contributed by atoms with Crippen molar-refractivity contribution < 1.29 is 19.5 Å². The number of aryl methyl sites for hydroxylation is 1. The summed E-state index contributed by atoms with van der Waals surface area (Å²) in [5.41, 5.74) is 5.48. The van der Waals surface area contributed by atoms with Gasteiger partial charge in [-0.05, 0) is 73.5 Å². The highest BCUT2D eigenvalue weighted by Crippen LogP contribution is 2.38. The molecule has 2 amide bonds. The van der Waals surface area contributed by atoms with Crippen molar-refractivity contribution in [2.45, 2.75) is 12.8 Å². The third-order valence-electron chi connectivity index (χ3n) is 6.46. The van der Waals surface area contributed by atoms with E-state index in [9.17, 15) is 19.5 Å². The maximum atomic E-state index is 13.2. The number of allylic oxidation sites excluding steroid dienone is 1. The van der Waals surface area contributed by atoms with Crippen LogP contribution in [0.1, 0.15) is 50.0 Å². The van der Waals surface area contributed by atoms with E-state index in [1.165, 1.54) is 12.1 Å². The number of carboxylic acids is 1. The summed E-state index contributed by atoms with van der Waals surface area (Å²) < 4.78 is 0. The fourth-order valence-corrected chi connectivity index (χ4v) is 4.58. The van der Waals surface area contributed by atoms with Gasteiger partial charge in [-0.3, -0.25) is 14.6 Å². The lowest BCUT2D eigenvalue weighted by atomic mass is 10.0. The molecule has 6 rings (SSSR count). The fraction of sp³-hybridized carbons (Fsp3) is 0.0690. The predicted octanol–water partition coefficient (Wildman–Crippen LogP) is 4.65. The molecule has 0 saturated heterocycles. The van der Waals surface area contributed by atoms with Crippen LogP contribution in [0.4, 0.5) is 17.1 Å². The molecule has 192 valence electrons. The van der Waals surface area contributed by atoms with Gasteiger partial charge >= 0.3 is 5.97 Å². The van der Waals surface area contributed by atoms with Crippen molar-refractivity contribution in [3.8, 4) is 0 Å². The lowest BCUT2D eigenvalue weighted by Crippen LogP contribution is -2.14. The van der Waals surface area contributed by atoms with E-state index in [0.717, 1.165) is 24.2 Å². The van der Waals surface area contributed by atoms with Gasteiger partial charge in [0.05, 0.1) is 33.9 Å². The maximum absolute atomic E-state index is 13.2. The molecular weight excluding hydrogens is 496 g/mol. The van der Waals surface area contributed by atoms with E-state index in [0.29, 0.717) is 39.6 Å². The molecule has 2 aromatic heterocycles. The van der Waals surface area contributed by atoms with Gasteiger partial charge in [-0.25, -0.2) is 9.78 Å². The Labute approximate surface area is 222 Å². The molecule has 0 radical (unpaired) electrons. The lowest BCUT2D eigenvalue weighted by molar-refractivity contribution is -0.110. The Morgan fingerprint density at radius 2 is 1.79 bits per heavy atom. The molecule has 10 heteroatoms. The first kappa shape index (κ1) is 23.9. The molecule has 0 unspecified atom stereocenters.